The van der Waals surface area contributed by atoms with Crippen LogP contribution in [0.3, 0.4) is 0 Å². The molecule has 0 radical (unpaired) electrons. The van der Waals surface area contributed by atoms with Crippen LogP contribution in [-0.2, 0) is 9.53 Å². The third kappa shape index (κ3) is 4.19. The molecule has 1 aromatic carbocycles. The largest absolute Gasteiger partial charge is 0.380 e. The van der Waals surface area contributed by atoms with Crippen LogP contribution in [0.25, 0.3) is 11.2 Å². The number of para-hydroxylation sites is 1. The fourth-order valence-electron chi connectivity index (χ4n) is 5.64. The van der Waals surface area contributed by atoms with Crippen molar-refractivity contribution in [3.8, 4) is 0 Å². The topological polar surface area (TPSA) is 120 Å². The Morgan fingerprint density at radius 1 is 1.11 bits per heavy atom. The third-order valence-corrected chi connectivity index (χ3v) is 8.24. The number of nitrogens with two attached hydrogens (primary N) is 1. The molecule has 11 heteroatoms. The van der Waals surface area contributed by atoms with Gasteiger partial charge in [-0.05, 0) is 50.7 Å². The van der Waals surface area contributed by atoms with Gasteiger partial charge in [-0.15, -0.1) is 0 Å². The molecule has 2 saturated carbocycles. The number of carbonyl (C=O) groups excluding carboxylic acids is 1. The van der Waals surface area contributed by atoms with Crippen LogP contribution in [0.1, 0.15) is 44.6 Å². The van der Waals surface area contributed by atoms with E-state index < -0.39 is 0 Å². The Morgan fingerprint density at radius 2 is 1.83 bits per heavy atom. The molecule has 1 aliphatic heterocycles. The van der Waals surface area contributed by atoms with Crippen molar-refractivity contribution >= 4 is 57.9 Å². The molecule has 0 unspecified atom stereocenters. The van der Waals surface area contributed by atoms with Gasteiger partial charge in [-0.1, -0.05) is 29.3 Å². The van der Waals surface area contributed by atoms with Crippen LogP contribution in [0, 0.1) is 11.3 Å². The van der Waals surface area contributed by atoms with Crippen molar-refractivity contribution in [3.05, 3.63) is 34.4 Å². The molecule has 184 valence electrons. The molecule has 6 rings (SSSR count). The van der Waals surface area contributed by atoms with Gasteiger partial charge in [0.25, 0.3) is 0 Å². The number of imidazole rings is 1. The first-order chi connectivity index (χ1) is 16.9. The molecule has 4 N–H and O–H groups in total. The Hall–Kier alpha value is -2.62. The van der Waals surface area contributed by atoms with E-state index in [1.807, 2.05) is 0 Å². The lowest BCUT2D eigenvalue weighted by Crippen LogP contribution is -2.56. The molecule has 9 nitrogen and oxygen atoms in total. The number of halogens is 2. The van der Waals surface area contributed by atoms with Crippen molar-refractivity contribution in [2.24, 2.45) is 17.1 Å². The van der Waals surface area contributed by atoms with Gasteiger partial charge in [0.2, 0.25) is 17.8 Å². The number of hydrogen-bond acceptors (Lipinski definition) is 7. The molecule has 2 aromatic heterocycles. The summed E-state index contributed by atoms with van der Waals surface area (Å²) in [6.45, 7) is 1.71. The van der Waals surface area contributed by atoms with Gasteiger partial charge in [0, 0.05) is 23.4 Å². The molecule has 3 aliphatic rings. The molecule has 0 bridgehead atoms. The Balaban J connectivity index is 1.33. The minimum atomic E-state index is -0.232. The number of ether oxygens (including phenoxy) is 1. The summed E-state index contributed by atoms with van der Waals surface area (Å²) >= 11 is 12.9. The zero-order chi connectivity index (χ0) is 24.2. The number of hydrogen-bond donors (Lipinski definition) is 3. The SMILES string of the molecule is NC(=O)[C@H]1CC[C@@H](n2c(Nc3c(Cl)cccc3Cl)nc3cnc(NC4CC5(COC5)C4)nc32)CC1. The molecule has 3 fully saturated rings. The Bertz CT molecular complexity index is 1260. The minimum Gasteiger partial charge on any atom is -0.380 e. The van der Waals surface area contributed by atoms with Crippen LogP contribution in [0.5, 0.6) is 0 Å². The molecule has 3 aromatic rings. The van der Waals surface area contributed by atoms with Gasteiger partial charge in [-0.3, -0.25) is 9.36 Å². The Labute approximate surface area is 212 Å². The molecule has 3 heterocycles. The summed E-state index contributed by atoms with van der Waals surface area (Å²) in [6.07, 6.45) is 6.94. The summed E-state index contributed by atoms with van der Waals surface area (Å²) in [5.74, 6) is 0.859. The van der Waals surface area contributed by atoms with Crippen molar-refractivity contribution in [3.63, 3.8) is 0 Å². The van der Waals surface area contributed by atoms with Crippen molar-refractivity contribution in [1.29, 1.82) is 0 Å². The maximum absolute atomic E-state index is 11.7. The predicted molar refractivity (Wildman–Crippen MR) is 135 cm³/mol. The van der Waals surface area contributed by atoms with Crippen LogP contribution in [0.15, 0.2) is 24.4 Å². The molecule has 1 saturated heterocycles. The first-order valence-corrected chi connectivity index (χ1v) is 12.8. The molecule has 35 heavy (non-hydrogen) atoms. The van der Waals surface area contributed by atoms with E-state index >= 15 is 0 Å². The van der Waals surface area contributed by atoms with Crippen LogP contribution in [-0.4, -0.2) is 44.7 Å². The fourth-order valence-corrected chi connectivity index (χ4v) is 6.13. The lowest BCUT2D eigenvalue weighted by Gasteiger charge is -2.53. The highest BCUT2D eigenvalue weighted by molar-refractivity contribution is 6.39. The number of fused-ring (bicyclic) bond motifs is 1. The van der Waals surface area contributed by atoms with Crippen molar-refractivity contribution in [1.82, 2.24) is 19.5 Å². The zero-order valence-corrected chi connectivity index (χ0v) is 20.6. The monoisotopic (exact) mass is 515 g/mol. The van der Waals surface area contributed by atoms with E-state index in [1.165, 1.54) is 0 Å². The molecular weight excluding hydrogens is 489 g/mol. The number of benzene rings is 1. The van der Waals surface area contributed by atoms with Gasteiger partial charge in [-0.25, -0.2) is 9.97 Å². The second-order valence-electron chi connectivity index (χ2n) is 10.1. The number of nitrogens with zero attached hydrogens (tertiary/aromatic N) is 4. The van der Waals surface area contributed by atoms with Gasteiger partial charge in [0.1, 0.15) is 5.52 Å². The second-order valence-corrected chi connectivity index (χ2v) is 10.9. The van der Waals surface area contributed by atoms with Crippen molar-refractivity contribution in [2.45, 2.75) is 50.6 Å². The van der Waals surface area contributed by atoms with Crippen molar-refractivity contribution < 1.29 is 9.53 Å². The van der Waals surface area contributed by atoms with E-state index in [-0.39, 0.29) is 17.9 Å². The summed E-state index contributed by atoms with van der Waals surface area (Å²) in [6, 6.07) is 5.80. The Kier molecular flexibility index (Phi) is 5.74. The quantitative estimate of drug-likeness (QED) is 0.435. The van der Waals surface area contributed by atoms with Gasteiger partial charge in [-0.2, -0.15) is 4.98 Å². The van der Waals surface area contributed by atoms with Gasteiger partial charge < -0.3 is 21.1 Å². The lowest BCUT2D eigenvalue weighted by atomic mass is 9.64. The summed E-state index contributed by atoms with van der Waals surface area (Å²) in [5, 5.41) is 7.81. The number of aromatic nitrogens is 4. The lowest BCUT2D eigenvalue weighted by molar-refractivity contribution is -0.160. The highest BCUT2D eigenvalue weighted by Crippen LogP contribution is 2.47. The maximum Gasteiger partial charge on any atom is 0.224 e. The predicted octanol–water partition coefficient (Wildman–Crippen LogP) is 4.68. The van der Waals surface area contributed by atoms with Crippen LogP contribution in [0.4, 0.5) is 17.6 Å². The number of carbonyl (C=O) groups is 1. The third-order valence-electron chi connectivity index (χ3n) is 7.61. The Morgan fingerprint density at radius 3 is 2.46 bits per heavy atom. The molecule has 2 aliphatic carbocycles. The summed E-state index contributed by atoms with van der Waals surface area (Å²) in [7, 11) is 0. The number of amides is 1. The summed E-state index contributed by atoms with van der Waals surface area (Å²) in [4.78, 5) is 25.9. The van der Waals surface area contributed by atoms with E-state index in [1.54, 1.807) is 24.4 Å². The van der Waals surface area contributed by atoms with E-state index in [0.29, 0.717) is 44.6 Å². The van der Waals surface area contributed by atoms with E-state index in [0.717, 1.165) is 57.4 Å². The first-order valence-electron chi connectivity index (χ1n) is 12.0. The standard InChI is InChI=1S/C24H27Cl2N7O2/c25-16-2-1-3-17(26)19(16)31-23-30-18-10-28-22(29-14-8-24(9-14)11-35-12-24)32-21(18)33(23)15-6-4-13(5-7-15)20(27)34/h1-3,10,13-15H,4-9,11-12H2,(H2,27,34)(H,30,31)(H,28,29,32)/t13-,15+. The highest BCUT2D eigenvalue weighted by atomic mass is 35.5. The maximum atomic E-state index is 11.7. The molecular formula is C24H27Cl2N7O2. The van der Waals surface area contributed by atoms with Crippen molar-refractivity contribution in [2.75, 3.05) is 23.8 Å². The van der Waals surface area contributed by atoms with Gasteiger partial charge in [0.05, 0.1) is 35.1 Å². The molecule has 0 atom stereocenters. The number of anilines is 3. The van der Waals surface area contributed by atoms with Crippen LogP contribution < -0.4 is 16.4 Å². The smallest absolute Gasteiger partial charge is 0.224 e. The van der Waals surface area contributed by atoms with Gasteiger partial charge in [0.15, 0.2) is 5.65 Å². The number of rotatable bonds is 6. The average molecular weight is 516 g/mol. The normalized spacial score (nSPS) is 23.6. The van der Waals surface area contributed by atoms with Crippen LogP contribution in [0.2, 0.25) is 10.0 Å². The van der Waals surface area contributed by atoms with E-state index in [9.17, 15) is 4.79 Å². The fraction of sp³-hybridized carbons (Fsp3) is 0.500. The van der Waals surface area contributed by atoms with Crippen LogP contribution >= 0.6 is 23.2 Å². The summed E-state index contributed by atoms with van der Waals surface area (Å²) < 4.78 is 7.48. The highest BCUT2D eigenvalue weighted by Gasteiger charge is 2.50. The zero-order valence-electron chi connectivity index (χ0n) is 19.1. The molecule has 1 spiro atoms. The van der Waals surface area contributed by atoms with Gasteiger partial charge >= 0.3 is 0 Å². The van der Waals surface area contributed by atoms with E-state index in [2.05, 4.69) is 20.2 Å². The minimum absolute atomic E-state index is 0.0938. The van der Waals surface area contributed by atoms with E-state index in [4.69, 9.17) is 43.6 Å². The second kappa shape index (κ2) is 8.80. The average Bonchev–Trinajstić information content (AvgIpc) is 3.14. The first kappa shape index (κ1) is 22.8. The number of nitrogens with one attached hydrogen (secondary N) is 2. The molecule has 1 amide bonds. The summed E-state index contributed by atoms with van der Waals surface area (Å²) in [5.41, 5.74) is 7.92. The number of primary amides is 1.